The van der Waals surface area contributed by atoms with E-state index in [0.717, 1.165) is 0 Å². The summed E-state index contributed by atoms with van der Waals surface area (Å²) in [6, 6.07) is 0. The maximum absolute atomic E-state index is 10.2. The van der Waals surface area contributed by atoms with Gasteiger partial charge in [-0.15, -0.1) is 0 Å². The van der Waals surface area contributed by atoms with E-state index >= 15 is 0 Å². The molecule has 11 heavy (non-hydrogen) atoms. The number of carboxylic acids is 1. The van der Waals surface area contributed by atoms with Gasteiger partial charge in [-0.2, -0.15) is 5.10 Å². The topological polar surface area (TPSA) is 61.7 Å². The number of hydrogen-bond acceptors (Lipinski definition) is 3. The third-order valence-electron chi connectivity index (χ3n) is 1.00. The van der Waals surface area contributed by atoms with Gasteiger partial charge in [0.15, 0.2) is 0 Å². The van der Waals surface area contributed by atoms with Gasteiger partial charge in [-0.3, -0.25) is 0 Å². The van der Waals surface area contributed by atoms with Gasteiger partial charge < -0.3 is 10.5 Å². The van der Waals surface area contributed by atoms with E-state index in [0.29, 0.717) is 6.54 Å². The Balaban J connectivity index is 3.65. The fraction of sp³-hybridized carbons (Fsp3) is 0.429. The van der Waals surface area contributed by atoms with E-state index in [9.17, 15) is 4.79 Å². The molecule has 0 fully saturated rings. The molecule has 0 atom stereocenters. The van der Waals surface area contributed by atoms with Crippen molar-refractivity contribution in [2.45, 2.75) is 13.8 Å². The Morgan fingerprint density at radius 2 is 2.36 bits per heavy atom. The smallest absolute Gasteiger partial charge is 0.351 e. The summed E-state index contributed by atoms with van der Waals surface area (Å²) in [7, 11) is 0. The first-order chi connectivity index (χ1) is 5.18. The molecule has 0 saturated heterocycles. The molecule has 0 aliphatic carbocycles. The number of carbonyl (C=O) groups is 1. The van der Waals surface area contributed by atoms with Crippen molar-refractivity contribution in [3.05, 3.63) is 12.2 Å². The first-order valence-electron chi connectivity index (χ1n) is 3.30. The summed E-state index contributed by atoms with van der Waals surface area (Å²) in [4.78, 5) is 10.2. The third-order valence-corrected chi connectivity index (χ3v) is 1.00. The van der Waals surface area contributed by atoms with Crippen molar-refractivity contribution in [3.63, 3.8) is 0 Å². The number of hydrogen-bond donors (Lipinski definition) is 2. The molecule has 62 valence electrons. The van der Waals surface area contributed by atoms with E-state index in [1.54, 1.807) is 0 Å². The van der Waals surface area contributed by atoms with Crippen LogP contribution in [0.25, 0.3) is 0 Å². The van der Waals surface area contributed by atoms with Crippen molar-refractivity contribution in [3.8, 4) is 0 Å². The second-order valence-electron chi connectivity index (χ2n) is 1.93. The van der Waals surface area contributed by atoms with Crippen LogP contribution in [0, 0.1) is 0 Å². The van der Waals surface area contributed by atoms with Crippen molar-refractivity contribution < 1.29 is 9.90 Å². The Morgan fingerprint density at radius 1 is 1.73 bits per heavy atom. The monoisotopic (exact) mass is 156 g/mol. The molecule has 0 aromatic rings. The lowest BCUT2D eigenvalue weighted by molar-refractivity contribution is -0.129. The summed E-state index contributed by atoms with van der Waals surface area (Å²) < 4.78 is 0. The average Bonchev–Trinajstić information content (AvgIpc) is 1.97. The summed E-state index contributed by atoms with van der Waals surface area (Å²) >= 11 is 0. The van der Waals surface area contributed by atoms with Gasteiger partial charge in [-0.05, 0) is 13.8 Å². The largest absolute Gasteiger partial charge is 0.477 e. The average molecular weight is 156 g/mol. The van der Waals surface area contributed by atoms with E-state index in [-0.39, 0.29) is 5.71 Å². The zero-order valence-electron chi connectivity index (χ0n) is 6.66. The van der Waals surface area contributed by atoms with Crippen molar-refractivity contribution in [1.82, 2.24) is 5.43 Å². The van der Waals surface area contributed by atoms with E-state index in [1.807, 2.05) is 19.1 Å². The maximum Gasteiger partial charge on any atom is 0.351 e. The molecule has 0 rings (SSSR count). The standard InChI is InChI=1S/C7H12N2O2/c1-3-4-5-8-9-6(2)7(10)11/h3-4,8H,5H2,1-2H3,(H,10,11). The van der Waals surface area contributed by atoms with Crippen LogP contribution in [0.5, 0.6) is 0 Å². The molecule has 4 nitrogen and oxygen atoms in total. The number of hydrazone groups is 1. The number of nitrogens with zero attached hydrogens (tertiary/aromatic N) is 1. The zero-order chi connectivity index (χ0) is 8.69. The van der Waals surface area contributed by atoms with Gasteiger partial charge in [-0.25, -0.2) is 4.79 Å². The number of nitrogens with one attached hydrogen (secondary N) is 1. The Bertz CT molecular complexity index is 185. The van der Waals surface area contributed by atoms with Crippen LogP contribution >= 0.6 is 0 Å². The quantitative estimate of drug-likeness (QED) is 0.271. The van der Waals surface area contributed by atoms with Gasteiger partial charge in [-0.1, -0.05) is 12.2 Å². The highest BCUT2D eigenvalue weighted by Crippen LogP contribution is 1.74. The summed E-state index contributed by atoms with van der Waals surface area (Å²) in [6.45, 7) is 3.88. The van der Waals surface area contributed by atoms with Crippen molar-refractivity contribution in [2.24, 2.45) is 5.10 Å². The van der Waals surface area contributed by atoms with Gasteiger partial charge >= 0.3 is 5.97 Å². The molecule has 0 amide bonds. The third kappa shape index (κ3) is 5.14. The fourth-order valence-corrected chi connectivity index (χ4v) is 0.383. The maximum atomic E-state index is 10.2. The molecule has 0 bridgehead atoms. The molecule has 0 saturated carbocycles. The Morgan fingerprint density at radius 3 is 2.82 bits per heavy atom. The molecular formula is C7H12N2O2. The Hall–Kier alpha value is -1.32. The van der Waals surface area contributed by atoms with Crippen molar-refractivity contribution in [1.29, 1.82) is 0 Å². The molecule has 0 aromatic heterocycles. The molecule has 0 unspecified atom stereocenters. The number of allylic oxidation sites excluding steroid dienone is 1. The second-order valence-corrected chi connectivity index (χ2v) is 1.93. The van der Waals surface area contributed by atoms with Crippen molar-refractivity contribution >= 4 is 11.7 Å². The van der Waals surface area contributed by atoms with Crippen LogP contribution in [-0.4, -0.2) is 23.3 Å². The van der Waals surface area contributed by atoms with Gasteiger partial charge in [0.1, 0.15) is 5.71 Å². The van der Waals surface area contributed by atoms with Crippen LogP contribution in [-0.2, 0) is 4.79 Å². The summed E-state index contributed by atoms with van der Waals surface area (Å²) in [6.07, 6.45) is 3.71. The van der Waals surface area contributed by atoms with Gasteiger partial charge in [0.2, 0.25) is 0 Å². The summed E-state index contributed by atoms with van der Waals surface area (Å²) in [5.74, 6) is -1.00. The number of carboxylic acid groups (broad SMARTS) is 1. The van der Waals surface area contributed by atoms with Gasteiger partial charge in [0.25, 0.3) is 0 Å². The van der Waals surface area contributed by atoms with Crippen LogP contribution < -0.4 is 5.43 Å². The van der Waals surface area contributed by atoms with E-state index in [1.165, 1.54) is 6.92 Å². The van der Waals surface area contributed by atoms with E-state index in [4.69, 9.17) is 5.11 Å². The molecule has 0 heterocycles. The van der Waals surface area contributed by atoms with Crippen LogP contribution in [0.4, 0.5) is 0 Å². The normalized spacial score (nSPS) is 12.0. The minimum absolute atomic E-state index is 0.0644. The van der Waals surface area contributed by atoms with E-state index in [2.05, 4.69) is 10.5 Å². The number of aliphatic carboxylic acids is 1. The minimum Gasteiger partial charge on any atom is -0.477 e. The highest BCUT2D eigenvalue weighted by molar-refractivity contribution is 6.34. The van der Waals surface area contributed by atoms with E-state index < -0.39 is 5.97 Å². The first-order valence-corrected chi connectivity index (χ1v) is 3.30. The predicted molar refractivity (Wildman–Crippen MR) is 43.6 cm³/mol. The van der Waals surface area contributed by atoms with Crippen molar-refractivity contribution in [2.75, 3.05) is 6.54 Å². The first kappa shape index (κ1) is 9.68. The molecule has 4 heteroatoms. The molecule has 0 spiro atoms. The Kier molecular flexibility index (Phi) is 4.81. The fourth-order valence-electron chi connectivity index (χ4n) is 0.383. The lowest BCUT2D eigenvalue weighted by atomic mass is 10.4. The summed E-state index contributed by atoms with van der Waals surface area (Å²) in [5, 5.41) is 11.9. The number of rotatable bonds is 4. The molecule has 2 N–H and O–H groups in total. The highest BCUT2D eigenvalue weighted by Gasteiger charge is 1.98. The molecular weight excluding hydrogens is 144 g/mol. The minimum atomic E-state index is -1.00. The molecule has 0 aromatic carbocycles. The summed E-state index contributed by atoms with van der Waals surface area (Å²) in [5.41, 5.74) is 2.65. The van der Waals surface area contributed by atoms with Crippen LogP contribution in [0.2, 0.25) is 0 Å². The molecule has 0 aliphatic rings. The second kappa shape index (κ2) is 5.46. The van der Waals surface area contributed by atoms with Gasteiger partial charge in [0.05, 0.1) is 6.54 Å². The molecule has 0 aliphatic heterocycles. The lowest BCUT2D eigenvalue weighted by Crippen LogP contribution is -2.15. The van der Waals surface area contributed by atoms with Crippen LogP contribution in [0.1, 0.15) is 13.8 Å². The lowest BCUT2D eigenvalue weighted by Gasteiger charge is -1.94. The SMILES string of the molecule is CC=CCNN=C(C)C(=O)O. The van der Waals surface area contributed by atoms with Crippen LogP contribution in [0.15, 0.2) is 17.3 Å². The predicted octanol–water partition coefficient (Wildman–Crippen LogP) is 0.613. The molecule has 0 radical (unpaired) electrons. The van der Waals surface area contributed by atoms with Gasteiger partial charge in [0, 0.05) is 0 Å². The van der Waals surface area contributed by atoms with Crippen LogP contribution in [0.3, 0.4) is 0 Å². The Labute approximate surface area is 65.6 Å². The zero-order valence-corrected chi connectivity index (χ0v) is 6.66. The highest BCUT2D eigenvalue weighted by atomic mass is 16.4.